The standard InChI is InChI=1S/C33H27F6N5O5S2/c34-32(35,36)22-12-20(13-23(16-22)33(37,38)39)18-2-4-26(49-10-7-43-5-8-48-9-6-43)21(11-18)15-27-29(45)44(31(50)51-27)40-17-28-41-24-3-1-19(30(46)47)14-25(24)42-28/h1-4,11-16,40H,5-10,17H2,(H,41,42)(H,46,47)/b27-15-. The Balaban J connectivity index is 1.28. The Bertz CT molecular complexity index is 1990. The number of aromatic carboxylic acids is 1. The minimum atomic E-state index is -5.04. The van der Waals surface area contributed by atoms with Crippen LogP contribution in [0.15, 0.2) is 59.5 Å². The van der Waals surface area contributed by atoms with E-state index in [1.165, 1.54) is 36.4 Å². The molecule has 2 saturated heterocycles. The number of carboxylic acids is 1. The molecule has 0 saturated carbocycles. The van der Waals surface area contributed by atoms with E-state index in [1.807, 2.05) is 0 Å². The number of amides is 1. The number of halogens is 6. The molecule has 3 N–H and O–H groups in total. The maximum atomic E-state index is 13.6. The van der Waals surface area contributed by atoms with Gasteiger partial charge in [0.25, 0.3) is 5.91 Å². The molecule has 0 spiro atoms. The molecule has 2 aliphatic heterocycles. The first-order chi connectivity index (χ1) is 24.2. The van der Waals surface area contributed by atoms with Crippen LogP contribution in [0.5, 0.6) is 5.75 Å². The van der Waals surface area contributed by atoms with E-state index >= 15 is 0 Å². The molecule has 3 heterocycles. The summed E-state index contributed by atoms with van der Waals surface area (Å²) < 4.78 is 93.4. The number of imidazole rings is 1. The Morgan fingerprint density at radius 2 is 1.73 bits per heavy atom. The van der Waals surface area contributed by atoms with Crippen molar-refractivity contribution in [3.63, 3.8) is 0 Å². The average molecular weight is 752 g/mol. The summed E-state index contributed by atoms with van der Waals surface area (Å²) in [5.41, 5.74) is 0.938. The highest BCUT2D eigenvalue weighted by Crippen LogP contribution is 2.40. The van der Waals surface area contributed by atoms with Crippen molar-refractivity contribution in [1.29, 1.82) is 0 Å². The lowest BCUT2D eigenvalue weighted by Gasteiger charge is -2.26. The molecule has 2 aliphatic rings. The minimum Gasteiger partial charge on any atom is -0.492 e. The van der Waals surface area contributed by atoms with E-state index in [0.29, 0.717) is 61.8 Å². The number of carbonyl (C=O) groups excluding carboxylic acids is 1. The van der Waals surface area contributed by atoms with Crippen molar-refractivity contribution in [2.75, 3.05) is 39.5 Å². The van der Waals surface area contributed by atoms with Crippen molar-refractivity contribution in [2.45, 2.75) is 18.9 Å². The number of benzene rings is 3. The quantitative estimate of drug-likeness (QED) is 0.0932. The molecule has 0 atom stereocenters. The normalized spacial score (nSPS) is 16.8. The molecule has 18 heteroatoms. The van der Waals surface area contributed by atoms with Crippen LogP contribution in [0.4, 0.5) is 26.3 Å². The van der Waals surface area contributed by atoms with Crippen LogP contribution in [0.1, 0.15) is 32.9 Å². The lowest BCUT2D eigenvalue weighted by molar-refractivity contribution is -0.143. The number of carbonyl (C=O) groups is 2. The second kappa shape index (κ2) is 14.6. The Morgan fingerprint density at radius 1 is 1.02 bits per heavy atom. The number of nitrogens with one attached hydrogen (secondary N) is 2. The summed E-state index contributed by atoms with van der Waals surface area (Å²) >= 11 is 6.35. The fraction of sp³-hybridized carbons (Fsp3) is 0.273. The molecule has 6 rings (SSSR count). The van der Waals surface area contributed by atoms with Crippen molar-refractivity contribution in [3.8, 4) is 16.9 Å². The van der Waals surface area contributed by atoms with E-state index in [4.69, 9.17) is 21.7 Å². The Labute approximate surface area is 295 Å². The van der Waals surface area contributed by atoms with Crippen molar-refractivity contribution in [2.24, 2.45) is 0 Å². The number of hydrogen-bond donors (Lipinski definition) is 3. The molecule has 10 nitrogen and oxygen atoms in total. The van der Waals surface area contributed by atoms with Crippen LogP contribution >= 0.6 is 24.0 Å². The Kier molecular flexibility index (Phi) is 10.4. The number of ether oxygens (including phenoxy) is 2. The predicted octanol–water partition coefficient (Wildman–Crippen LogP) is 6.58. The lowest BCUT2D eigenvalue weighted by Crippen LogP contribution is -2.40. The third kappa shape index (κ3) is 8.53. The van der Waals surface area contributed by atoms with Crippen molar-refractivity contribution in [3.05, 3.63) is 87.6 Å². The lowest BCUT2D eigenvalue weighted by atomic mass is 9.97. The maximum Gasteiger partial charge on any atom is 0.416 e. The highest BCUT2D eigenvalue weighted by molar-refractivity contribution is 8.26. The number of thiocarbonyl (C=S) groups is 1. The summed E-state index contributed by atoms with van der Waals surface area (Å²) in [5.74, 6) is -1.05. The molecule has 0 unspecified atom stereocenters. The molecule has 1 aromatic heterocycles. The van der Waals surface area contributed by atoms with Gasteiger partial charge in [0, 0.05) is 25.2 Å². The fourth-order valence-electron chi connectivity index (χ4n) is 5.38. The van der Waals surface area contributed by atoms with Crippen LogP contribution in [0.3, 0.4) is 0 Å². The Hall–Kier alpha value is -4.49. The molecular weight excluding hydrogens is 725 g/mol. The third-order valence-corrected chi connectivity index (χ3v) is 9.26. The summed E-state index contributed by atoms with van der Waals surface area (Å²) in [5, 5.41) is 10.3. The van der Waals surface area contributed by atoms with Crippen LogP contribution in [-0.2, 0) is 28.4 Å². The van der Waals surface area contributed by atoms with Crippen LogP contribution in [0, 0.1) is 0 Å². The number of nitrogens with zero attached hydrogens (tertiary/aromatic N) is 3. The van der Waals surface area contributed by atoms with Gasteiger partial charge in [-0.25, -0.2) is 20.2 Å². The minimum absolute atomic E-state index is 0.000719. The predicted molar refractivity (Wildman–Crippen MR) is 180 cm³/mol. The van der Waals surface area contributed by atoms with Gasteiger partial charge in [0.15, 0.2) is 4.32 Å². The van der Waals surface area contributed by atoms with Gasteiger partial charge in [-0.3, -0.25) is 9.69 Å². The zero-order valence-electron chi connectivity index (χ0n) is 26.2. The third-order valence-electron chi connectivity index (χ3n) is 7.96. The molecule has 2 fully saturated rings. The van der Waals surface area contributed by atoms with Gasteiger partial charge in [0.2, 0.25) is 0 Å². The first kappa shape index (κ1) is 36.3. The van der Waals surface area contributed by atoms with E-state index in [2.05, 4.69) is 20.3 Å². The smallest absolute Gasteiger partial charge is 0.416 e. The highest BCUT2D eigenvalue weighted by Gasteiger charge is 2.37. The van der Waals surface area contributed by atoms with Gasteiger partial charge < -0.3 is 19.6 Å². The highest BCUT2D eigenvalue weighted by atomic mass is 32.2. The van der Waals surface area contributed by atoms with Gasteiger partial charge >= 0.3 is 18.3 Å². The molecule has 4 aromatic rings. The number of fused-ring (bicyclic) bond motifs is 1. The van der Waals surface area contributed by atoms with Gasteiger partial charge in [-0.05, 0) is 65.7 Å². The molecule has 1 amide bonds. The number of hydrogen-bond acceptors (Lipinski definition) is 9. The second-order valence-electron chi connectivity index (χ2n) is 11.4. The summed E-state index contributed by atoms with van der Waals surface area (Å²) in [6, 6.07) is 9.86. The van der Waals surface area contributed by atoms with Gasteiger partial charge in [0.05, 0.1) is 52.4 Å². The second-order valence-corrected chi connectivity index (χ2v) is 13.1. The van der Waals surface area contributed by atoms with Gasteiger partial charge in [0.1, 0.15) is 18.2 Å². The van der Waals surface area contributed by atoms with Crippen molar-refractivity contribution < 1.29 is 50.5 Å². The fourth-order valence-corrected chi connectivity index (χ4v) is 6.59. The molecular formula is C33H27F6N5O5S2. The summed E-state index contributed by atoms with van der Waals surface area (Å²) in [7, 11) is 0. The number of rotatable bonds is 10. The van der Waals surface area contributed by atoms with Crippen LogP contribution in [-0.4, -0.2) is 80.6 Å². The van der Waals surface area contributed by atoms with Crippen LogP contribution < -0.4 is 10.2 Å². The molecule has 268 valence electrons. The van der Waals surface area contributed by atoms with Crippen LogP contribution in [0.25, 0.3) is 28.2 Å². The van der Waals surface area contributed by atoms with E-state index in [1.54, 1.807) is 6.07 Å². The Morgan fingerprint density at radius 3 is 2.39 bits per heavy atom. The number of morpholine rings is 1. The van der Waals surface area contributed by atoms with E-state index in [9.17, 15) is 41.0 Å². The van der Waals surface area contributed by atoms with Gasteiger partial charge in [-0.2, -0.15) is 26.3 Å². The molecule has 51 heavy (non-hydrogen) atoms. The summed E-state index contributed by atoms with van der Waals surface area (Å²) in [6.07, 6.45) is -8.65. The number of aromatic nitrogens is 2. The number of hydrazine groups is 1. The largest absolute Gasteiger partial charge is 0.492 e. The summed E-state index contributed by atoms with van der Waals surface area (Å²) in [4.78, 5) is 34.4. The van der Waals surface area contributed by atoms with Crippen molar-refractivity contribution in [1.82, 2.24) is 25.3 Å². The van der Waals surface area contributed by atoms with E-state index in [-0.39, 0.29) is 56.4 Å². The SMILES string of the molecule is O=C(O)c1ccc2nc(CNN3C(=O)/C(=C/c4cc(-c5cc(C(F)(F)F)cc(C(F)(F)F)c5)ccc4OCCN4CCOCC4)SC3=S)[nH]c2c1. The average Bonchev–Trinajstić information content (AvgIpc) is 3.61. The molecule has 0 bridgehead atoms. The van der Waals surface area contributed by atoms with Crippen LogP contribution in [0.2, 0.25) is 0 Å². The molecule has 3 aromatic carbocycles. The zero-order chi connectivity index (χ0) is 36.5. The zero-order valence-corrected chi connectivity index (χ0v) is 27.9. The summed E-state index contributed by atoms with van der Waals surface area (Å²) in [6.45, 7) is 3.25. The van der Waals surface area contributed by atoms with E-state index in [0.717, 1.165) is 16.8 Å². The van der Waals surface area contributed by atoms with Gasteiger partial charge in [-0.1, -0.05) is 30.0 Å². The number of alkyl halides is 6. The van der Waals surface area contributed by atoms with Crippen molar-refractivity contribution >= 4 is 57.3 Å². The monoisotopic (exact) mass is 751 g/mol. The van der Waals surface area contributed by atoms with E-state index < -0.39 is 35.4 Å². The first-order valence-electron chi connectivity index (χ1n) is 15.3. The first-order valence-corrected chi connectivity index (χ1v) is 16.5. The number of H-pyrrole nitrogens is 1. The van der Waals surface area contributed by atoms with Gasteiger partial charge in [-0.15, -0.1) is 0 Å². The molecule has 0 radical (unpaired) electrons. The molecule has 0 aliphatic carbocycles. The maximum absolute atomic E-state index is 13.6. The number of thioether (sulfide) groups is 1. The topological polar surface area (TPSA) is 120 Å². The number of aromatic amines is 1. The number of carboxylic acid groups (broad SMARTS) is 1.